The number of rotatable bonds is 2. The highest BCUT2D eigenvalue weighted by Gasteiger charge is 2.08. The Kier molecular flexibility index (Phi) is 2.70. The Bertz CT molecular complexity index is 261. The summed E-state index contributed by atoms with van der Waals surface area (Å²) in [4.78, 5) is 0. The van der Waals surface area contributed by atoms with Gasteiger partial charge in [0.05, 0.1) is 6.61 Å². The molecule has 0 radical (unpaired) electrons. The van der Waals surface area contributed by atoms with Crippen LogP contribution in [0.2, 0.25) is 0 Å². The molecule has 0 atom stereocenters. The maximum Gasteiger partial charge on any atom is 0.131 e. The highest BCUT2D eigenvalue weighted by atomic mass is 19.1. The standard InChI is InChI=1S/C8H7F3O/c9-3-5-1-6(4-12)8(11)2-7(5)10/h1-2,12H,3-4H2. The van der Waals surface area contributed by atoms with Crippen LogP contribution in [0, 0.1) is 11.6 Å². The van der Waals surface area contributed by atoms with Crippen LogP contribution in [0.5, 0.6) is 0 Å². The van der Waals surface area contributed by atoms with Crippen molar-refractivity contribution in [3.05, 3.63) is 34.9 Å². The van der Waals surface area contributed by atoms with E-state index in [0.29, 0.717) is 6.07 Å². The lowest BCUT2D eigenvalue weighted by molar-refractivity contribution is 0.275. The average molecular weight is 176 g/mol. The Morgan fingerprint density at radius 1 is 1.08 bits per heavy atom. The summed E-state index contributed by atoms with van der Waals surface area (Å²) in [5.74, 6) is -1.78. The summed E-state index contributed by atoms with van der Waals surface area (Å²) in [5, 5.41) is 8.54. The molecule has 1 aromatic rings. The van der Waals surface area contributed by atoms with Crippen molar-refractivity contribution in [2.45, 2.75) is 13.3 Å². The quantitative estimate of drug-likeness (QED) is 0.729. The van der Waals surface area contributed by atoms with E-state index < -0.39 is 24.9 Å². The third kappa shape index (κ3) is 1.58. The van der Waals surface area contributed by atoms with Crippen molar-refractivity contribution < 1.29 is 18.3 Å². The normalized spacial score (nSPS) is 10.3. The SMILES string of the molecule is OCc1cc(CF)c(F)cc1F. The molecular formula is C8H7F3O. The first kappa shape index (κ1) is 9.06. The zero-order valence-corrected chi connectivity index (χ0v) is 6.15. The van der Waals surface area contributed by atoms with Crippen LogP contribution in [0.15, 0.2) is 12.1 Å². The van der Waals surface area contributed by atoms with E-state index in [9.17, 15) is 13.2 Å². The molecule has 0 aromatic heterocycles. The minimum absolute atomic E-state index is 0.0935. The summed E-state index contributed by atoms with van der Waals surface area (Å²) in [6.07, 6.45) is 0. The van der Waals surface area contributed by atoms with Gasteiger partial charge < -0.3 is 5.11 Å². The van der Waals surface area contributed by atoms with Crippen LogP contribution in [0.1, 0.15) is 11.1 Å². The zero-order chi connectivity index (χ0) is 9.14. The molecule has 0 bridgehead atoms. The highest BCUT2D eigenvalue weighted by Crippen LogP contribution is 2.15. The molecule has 12 heavy (non-hydrogen) atoms. The molecule has 0 spiro atoms. The molecule has 0 unspecified atom stereocenters. The zero-order valence-electron chi connectivity index (χ0n) is 6.15. The fourth-order valence-corrected chi connectivity index (χ4v) is 0.868. The van der Waals surface area contributed by atoms with Gasteiger partial charge in [0.2, 0.25) is 0 Å². The molecule has 0 saturated heterocycles. The van der Waals surface area contributed by atoms with Gasteiger partial charge in [-0.3, -0.25) is 0 Å². The van der Waals surface area contributed by atoms with Gasteiger partial charge in [0.1, 0.15) is 18.3 Å². The van der Waals surface area contributed by atoms with Crippen molar-refractivity contribution in [3.63, 3.8) is 0 Å². The van der Waals surface area contributed by atoms with E-state index in [1.54, 1.807) is 0 Å². The predicted molar refractivity (Wildman–Crippen MR) is 37.1 cm³/mol. The fourth-order valence-electron chi connectivity index (χ4n) is 0.868. The summed E-state index contributed by atoms with van der Waals surface area (Å²) < 4.78 is 37.2. The van der Waals surface area contributed by atoms with Crippen molar-refractivity contribution in [2.24, 2.45) is 0 Å². The Labute approximate surface area is 67.5 Å². The topological polar surface area (TPSA) is 20.2 Å². The van der Waals surface area contributed by atoms with Crippen molar-refractivity contribution in [3.8, 4) is 0 Å². The second kappa shape index (κ2) is 3.58. The van der Waals surface area contributed by atoms with Crippen molar-refractivity contribution in [1.29, 1.82) is 0 Å². The highest BCUT2D eigenvalue weighted by molar-refractivity contribution is 5.25. The Morgan fingerprint density at radius 3 is 2.17 bits per heavy atom. The lowest BCUT2D eigenvalue weighted by Gasteiger charge is -2.02. The lowest BCUT2D eigenvalue weighted by atomic mass is 10.1. The first-order valence-electron chi connectivity index (χ1n) is 3.32. The van der Waals surface area contributed by atoms with Gasteiger partial charge >= 0.3 is 0 Å². The Morgan fingerprint density at radius 2 is 1.67 bits per heavy atom. The number of benzene rings is 1. The number of halogens is 3. The summed E-state index contributed by atoms with van der Waals surface area (Å²) >= 11 is 0. The number of alkyl halides is 1. The average Bonchev–Trinajstić information content (AvgIpc) is 2.05. The van der Waals surface area contributed by atoms with E-state index in [-0.39, 0.29) is 11.1 Å². The molecule has 0 aliphatic rings. The van der Waals surface area contributed by atoms with E-state index >= 15 is 0 Å². The smallest absolute Gasteiger partial charge is 0.131 e. The molecule has 0 saturated carbocycles. The maximum absolute atomic E-state index is 12.6. The number of aliphatic hydroxyl groups is 1. The molecule has 0 fully saturated rings. The monoisotopic (exact) mass is 176 g/mol. The van der Waals surface area contributed by atoms with Crippen molar-refractivity contribution >= 4 is 0 Å². The number of hydrogen-bond acceptors (Lipinski definition) is 1. The number of aliphatic hydroxyl groups excluding tert-OH is 1. The second-order valence-electron chi connectivity index (χ2n) is 2.33. The van der Waals surface area contributed by atoms with Crippen LogP contribution in [0.3, 0.4) is 0 Å². The summed E-state index contributed by atoms with van der Waals surface area (Å²) in [6, 6.07) is 1.55. The van der Waals surface area contributed by atoms with Crippen LogP contribution in [-0.2, 0) is 13.3 Å². The van der Waals surface area contributed by atoms with Gasteiger partial charge in [0, 0.05) is 17.2 Å². The van der Waals surface area contributed by atoms with E-state index in [1.807, 2.05) is 0 Å². The molecule has 1 aromatic carbocycles. The minimum Gasteiger partial charge on any atom is -0.392 e. The van der Waals surface area contributed by atoms with Crippen LogP contribution in [0.25, 0.3) is 0 Å². The van der Waals surface area contributed by atoms with Crippen molar-refractivity contribution in [1.82, 2.24) is 0 Å². The summed E-state index contributed by atoms with van der Waals surface area (Å²) in [6.45, 7) is -1.56. The third-order valence-corrected chi connectivity index (χ3v) is 1.53. The lowest BCUT2D eigenvalue weighted by Crippen LogP contribution is -1.95. The Hall–Kier alpha value is -1.03. The van der Waals surface area contributed by atoms with E-state index in [4.69, 9.17) is 5.11 Å². The molecule has 1 nitrogen and oxygen atoms in total. The van der Waals surface area contributed by atoms with Gasteiger partial charge in [-0.05, 0) is 6.07 Å². The summed E-state index contributed by atoms with van der Waals surface area (Å²) in [7, 11) is 0. The van der Waals surface area contributed by atoms with Crippen LogP contribution < -0.4 is 0 Å². The van der Waals surface area contributed by atoms with E-state index in [0.717, 1.165) is 6.07 Å². The molecule has 0 heterocycles. The second-order valence-corrected chi connectivity index (χ2v) is 2.33. The van der Waals surface area contributed by atoms with E-state index in [1.165, 1.54) is 0 Å². The van der Waals surface area contributed by atoms with Crippen molar-refractivity contribution in [2.75, 3.05) is 0 Å². The number of hydrogen-bond donors (Lipinski definition) is 1. The first-order valence-corrected chi connectivity index (χ1v) is 3.32. The van der Waals surface area contributed by atoms with Gasteiger partial charge in [0.25, 0.3) is 0 Å². The molecule has 1 rings (SSSR count). The van der Waals surface area contributed by atoms with Gasteiger partial charge in [-0.25, -0.2) is 13.2 Å². The van der Waals surface area contributed by atoms with Crippen LogP contribution >= 0.6 is 0 Å². The van der Waals surface area contributed by atoms with Gasteiger partial charge in [-0.1, -0.05) is 0 Å². The fraction of sp³-hybridized carbons (Fsp3) is 0.250. The summed E-state index contributed by atoms with van der Waals surface area (Å²) in [5.41, 5.74) is -0.329. The predicted octanol–water partition coefficient (Wildman–Crippen LogP) is 1.93. The minimum atomic E-state index is -1.00. The largest absolute Gasteiger partial charge is 0.392 e. The van der Waals surface area contributed by atoms with Gasteiger partial charge in [-0.15, -0.1) is 0 Å². The Balaban J connectivity index is 3.18. The molecule has 4 heteroatoms. The van der Waals surface area contributed by atoms with Gasteiger partial charge in [-0.2, -0.15) is 0 Å². The molecule has 0 aliphatic carbocycles. The first-order chi connectivity index (χ1) is 5.69. The molecule has 0 aliphatic heterocycles. The van der Waals surface area contributed by atoms with Crippen LogP contribution in [-0.4, -0.2) is 5.11 Å². The van der Waals surface area contributed by atoms with Crippen LogP contribution in [0.4, 0.5) is 13.2 Å². The third-order valence-electron chi connectivity index (χ3n) is 1.53. The molecular weight excluding hydrogens is 169 g/mol. The molecule has 1 N–H and O–H groups in total. The van der Waals surface area contributed by atoms with E-state index in [2.05, 4.69) is 0 Å². The maximum atomic E-state index is 12.6. The molecule has 66 valence electrons. The molecule has 0 amide bonds. The van der Waals surface area contributed by atoms with Gasteiger partial charge in [0.15, 0.2) is 0 Å².